The Morgan fingerprint density at radius 3 is 2.76 bits per heavy atom. The van der Waals surface area contributed by atoms with Gasteiger partial charge in [-0.15, -0.1) is 0 Å². The molecular weight excluding hydrogens is 262 g/mol. The Hall–Kier alpha value is -2.00. The maximum absolute atomic E-state index is 6.05. The Labute approximate surface area is 125 Å². The lowest BCUT2D eigenvalue weighted by molar-refractivity contribution is 0.0958. The van der Waals surface area contributed by atoms with E-state index in [0.29, 0.717) is 0 Å². The van der Waals surface area contributed by atoms with Crippen molar-refractivity contribution in [1.82, 2.24) is 5.32 Å². The third kappa shape index (κ3) is 2.74. The molecule has 3 heteroatoms. The highest BCUT2D eigenvalue weighted by Crippen LogP contribution is 2.42. The lowest BCUT2D eigenvalue weighted by Crippen LogP contribution is -2.38. The first kappa shape index (κ1) is 14.0. The van der Waals surface area contributed by atoms with Crippen LogP contribution >= 0.6 is 0 Å². The largest absolute Gasteiger partial charge is 0.497 e. The van der Waals surface area contributed by atoms with Crippen molar-refractivity contribution in [3.8, 4) is 11.5 Å². The molecule has 0 aromatic heterocycles. The number of ether oxygens (including phenoxy) is 2. The summed E-state index contributed by atoms with van der Waals surface area (Å²) in [5, 5.41) is 3.62. The van der Waals surface area contributed by atoms with Crippen LogP contribution in [0.15, 0.2) is 48.5 Å². The van der Waals surface area contributed by atoms with Gasteiger partial charge in [0.25, 0.3) is 0 Å². The molecule has 21 heavy (non-hydrogen) atoms. The van der Waals surface area contributed by atoms with Crippen molar-refractivity contribution in [3.05, 3.63) is 59.7 Å². The highest BCUT2D eigenvalue weighted by molar-refractivity contribution is 5.42. The Kier molecular flexibility index (Phi) is 3.60. The molecule has 0 saturated heterocycles. The Morgan fingerprint density at radius 1 is 1.14 bits per heavy atom. The van der Waals surface area contributed by atoms with Gasteiger partial charge in [0.15, 0.2) is 0 Å². The summed E-state index contributed by atoms with van der Waals surface area (Å²) < 4.78 is 11.3. The summed E-state index contributed by atoms with van der Waals surface area (Å²) in [4.78, 5) is 0. The van der Waals surface area contributed by atoms with Gasteiger partial charge in [0.05, 0.1) is 13.2 Å². The summed E-state index contributed by atoms with van der Waals surface area (Å²) in [5.74, 6) is 1.86. The van der Waals surface area contributed by atoms with Crippen molar-refractivity contribution in [3.63, 3.8) is 0 Å². The fourth-order valence-corrected chi connectivity index (χ4v) is 2.89. The first-order valence-corrected chi connectivity index (χ1v) is 7.24. The van der Waals surface area contributed by atoms with Gasteiger partial charge in [0, 0.05) is 12.1 Å². The Morgan fingerprint density at radius 2 is 1.95 bits per heavy atom. The first-order valence-electron chi connectivity index (χ1n) is 7.24. The van der Waals surface area contributed by atoms with Crippen molar-refractivity contribution < 1.29 is 9.47 Å². The SMILES string of the molecule is COc1cccc(CNC2c3ccccc3OC2(C)C)c1. The van der Waals surface area contributed by atoms with E-state index in [1.807, 2.05) is 24.3 Å². The molecule has 0 fully saturated rings. The van der Waals surface area contributed by atoms with Crippen LogP contribution in [0.2, 0.25) is 0 Å². The van der Waals surface area contributed by atoms with E-state index in [1.54, 1.807) is 7.11 Å². The zero-order valence-corrected chi connectivity index (χ0v) is 12.7. The monoisotopic (exact) mass is 283 g/mol. The standard InChI is InChI=1S/C18H21NO2/c1-18(2)17(15-9-4-5-10-16(15)21-18)19-12-13-7-6-8-14(11-13)20-3/h4-11,17,19H,12H2,1-3H3. The summed E-state index contributed by atoms with van der Waals surface area (Å²) in [5.41, 5.74) is 2.18. The van der Waals surface area contributed by atoms with Gasteiger partial charge in [-0.25, -0.2) is 0 Å². The minimum Gasteiger partial charge on any atom is -0.497 e. The second-order valence-corrected chi connectivity index (χ2v) is 5.91. The van der Waals surface area contributed by atoms with Gasteiger partial charge >= 0.3 is 0 Å². The molecule has 0 saturated carbocycles. The van der Waals surface area contributed by atoms with Crippen LogP contribution in [0.5, 0.6) is 11.5 Å². The van der Waals surface area contributed by atoms with Crippen LogP contribution in [0.1, 0.15) is 31.0 Å². The van der Waals surface area contributed by atoms with Crippen LogP contribution in [0.4, 0.5) is 0 Å². The van der Waals surface area contributed by atoms with E-state index in [4.69, 9.17) is 9.47 Å². The molecule has 0 spiro atoms. The molecule has 1 N–H and O–H groups in total. The van der Waals surface area contributed by atoms with Gasteiger partial charge in [-0.3, -0.25) is 0 Å². The van der Waals surface area contributed by atoms with Crippen LogP contribution in [0, 0.1) is 0 Å². The van der Waals surface area contributed by atoms with E-state index in [0.717, 1.165) is 18.0 Å². The molecule has 1 atom stereocenters. The van der Waals surface area contributed by atoms with Crippen molar-refractivity contribution in [2.24, 2.45) is 0 Å². The molecule has 3 rings (SSSR count). The molecule has 0 radical (unpaired) electrons. The fourth-order valence-electron chi connectivity index (χ4n) is 2.89. The van der Waals surface area contributed by atoms with Gasteiger partial charge in [-0.2, -0.15) is 0 Å². The zero-order valence-electron chi connectivity index (χ0n) is 12.7. The quantitative estimate of drug-likeness (QED) is 0.928. The van der Waals surface area contributed by atoms with Crippen LogP contribution in [0.25, 0.3) is 0 Å². The second-order valence-electron chi connectivity index (χ2n) is 5.91. The minimum absolute atomic E-state index is 0.180. The normalized spacial score (nSPS) is 18.9. The second kappa shape index (κ2) is 5.41. The minimum atomic E-state index is -0.247. The van der Waals surface area contributed by atoms with Crippen molar-refractivity contribution in [2.75, 3.05) is 7.11 Å². The summed E-state index contributed by atoms with van der Waals surface area (Å²) in [7, 11) is 1.69. The van der Waals surface area contributed by atoms with Crippen molar-refractivity contribution >= 4 is 0 Å². The molecule has 0 aliphatic carbocycles. The maximum atomic E-state index is 6.05. The molecule has 1 heterocycles. The molecule has 0 amide bonds. The van der Waals surface area contributed by atoms with Crippen molar-refractivity contribution in [1.29, 1.82) is 0 Å². The molecule has 110 valence electrons. The third-order valence-electron chi connectivity index (χ3n) is 3.94. The van der Waals surface area contributed by atoms with E-state index in [-0.39, 0.29) is 11.6 Å². The number of nitrogens with one attached hydrogen (secondary N) is 1. The highest BCUT2D eigenvalue weighted by Gasteiger charge is 2.40. The highest BCUT2D eigenvalue weighted by atomic mass is 16.5. The lowest BCUT2D eigenvalue weighted by atomic mass is 9.94. The number of rotatable bonds is 4. The number of para-hydroxylation sites is 1. The number of hydrogen-bond acceptors (Lipinski definition) is 3. The van der Waals surface area contributed by atoms with Crippen LogP contribution in [0.3, 0.4) is 0 Å². The van der Waals surface area contributed by atoms with Crippen LogP contribution in [-0.4, -0.2) is 12.7 Å². The van der Waals surface area contributed by atoms with E-state index >= 15 is 0 Å². The van der Waals surface area contributed by atoms with Crippen molar-refractivity contribution in [2.45, 2.75) is 32.0 Å². The Balaban J connectivity index is 1.77. The maximum Gasteiger partial charge on any atom is 0.125 e. The lowest BCUT2D eigenvalue weighted by Gasteiger charge is -2.27. The fraction of sp³-hybridized carbons (Fsp3) is 0.333. The average molecular weight is 283 g/mol. The van der Waals surface area contributed by atoms with Gasteiger partial charge in [0.1, 0.15) is 17.1 Å². The molecule has 3 nitrogen and oxygen atoms in total. The van der Waals surface area contributed by atoms with E-state index in [1.165, 1.54) is 11.1 Å². The molecular formula is C18H21NO2. The average Bonchev–Trinajstić information content (AvgIpc) is 2.75. The zero-order chi connectivity index (χ0) is 14.9. The van der Waals surface area contributed by atoms with Gasteiger partial charge < -0.3 is 14.8 Å². The summed E-state index contributed by atoms with van der Waals surface area (Å²) in [6, 6.07) is 16.5. The first-order chi connectivity index (χ1) is 10.1. The van der Waals surface area contributed by atoms with Gasteiger partial charge in [0.2, 0.25) is 0 Å². The van der Waals surface area contributed by atoms with Gasteiger partial charge in [-0.05, 0) is 37.6 Å². The smallest absolute Gasteiger partial charge is 0.125 e. The van der Waals surface area contributed by atoms with E-state index in [9.17, 15) is 0 Å². The molecule has 2 aromatic rings. The van der Waals surface area contributed by atoms with E-state index in [2.05, 4.69) is 43.4 Å². The Bertz CT molecular complexity index is 637. The summed E-state index contributed by atoms with van der Waals surface area (Å²) in [6.45, 7) is 5.02. The third-order valence-corrected chi connectivity index (χ3v) is 3.94. The topological polar surface area (TPSA) is 30.5 Å². The van der Waals surface area contributed by atoms with E-state index < -0.39 is 0 Å². The molecule has 0 bridgehead atoms. The predicted molar refractivity (Wildman–Crippen MR) is 83.7 cm³/mol. The summed E-state index contributed by atoms with van der Waals surface area (Å²) >= 11 is 0. The molecule has 1 aliphatic rings. The number of methoxy groups -OCH3 is 1. The number of hydrogen-bond donors (Lipinski definition) is 1. The van der Waals surface area contributed by atoms with Crippen LogP contribution in [-0.2, 0) is 6.54 Å². The number of benzene rings is 2. The van der Waals surface area contributed by atoms with Gasteiger partial charge in [-0.1, -0.05) is 30.3 Å². The molecule has 1 aliphatic heterocycles. The summed E-state index contributed by atoms with van der Waals surface area (Å²) in [6.07, 6.45) is 0. The molecule has 1 unspecified atom stereocenters. The molecule has 2 aromatic carbocycles. The predicted octanol–water partition coefficient (Wildman–Crippen LogP) is 3.70. The number of fused-ring (bicyclic) bond motifs is 1. The van der Waals surface area contributed by atoms with Crippen LogP contribution < -0.4 is 14.8 Å².